The number of hydrogen-bond donors (Lipinski definition) is 7. The molecule has 0 spiro atoms. The van der Waals surface area contributed by atoms with Gasteiger partial charge in [-0.2, -0.15) is 0 Å². The van der Waals surface area contributed by atoms with Crippen molar-refractivity contribution in [3.63, 3.8) is 0 Å². The second-order valence-corrected chi connectivity index (χ2v) is 9.72. The molecule has 1 saturated carbocycles. The Morgan fingerprint density at radius 3 is 2.58 bits per heavy atom. The molecule has 3 aliphatic rings. The SMILES string of the molecule is COc1cc(/C=C/C(=O)O[C@@]2(C)C[C@@H](O)[C@]3(O)C=CO[C@@H](O[C@H]4O[C@@H](CO)[C@H](O)[C@H](O)[C@@H]4O)C23)ccc1O. The predicted molar refractivity (Wildman–Crippen MR) is 126 cm³/mol. The number of aliphatic hydroxyl groups is 6. The maximum Gasteiger partial charge on any atom is 0.331 e. The average molecular weight is 541 g/mol. The lowest BCUT2D eigenvalue weighted by Crippen LogP contribution is -2.62. The van der Waals surface area contributed by atoms with Crippen LogP contribution in [0.1, 0.15) is 18.9 Å². The van der Waals surface area contributed by atoms with E-state index < -0.39 is 72.8 Å². The molecular weight excluding hydrogens is 508 g/mol. The van der Waals surface area contributed by atoms with E-state index >= 15 is 0 Å². The predicted octanol–water partition coefficient (Wildman–Crippen LogP) is -1.49. The number of carbonyl (C=O) groups excluding carboxylic acids is 1. The normalized spacial score (nSPS) is 40.5. The van der Waals surface area contributed by atoms with Crippen LogP contribution in [-0.4, -0.2) is 110 Å². The van der Waals surface area contributed by atoms with Crippen molar-refractivity contribution < 1.29 is 64.2 Å². The van der Waals surface area contributed by atoms with Gasteiger partial charge in [-0.15, -0.1) is 0 Å². The summed E-state index contributed by atoms with van der Waals surface area (Å²) >= 11 is 0. The molecular formula is C25H32O13. The molecule has 2 aliphatic heterocycles. The van der Waals surface area contributed by atoms with Crippen molar-refractivity contribution in [1.29, 1.82) is 0 Å². The molecule has 1 aromatic rings. The number of fused-ring (bicyclic) bond motifs is 1. The van der Waals surface area contributed by atoms with Crippen LogP contribution in [0.15, 0.2) is 36.6 Å². The van der Waals surface area contributed by atoms with E-state index in [1.165, 1.54) is 38.3 Å². The summed E-state index contributed by atoms with van der Waals surface area (Å²) in [6.45, 7) is 0.789. The van der Waals surface area contributed by atoms with E-state index in [1.54, 1.807) is 6.07 Å². The highest BCUT2D eigenvalue weighted by molar-refractivity contribution is 5.87. The third-order valence-electron chi connectivity index (χ3n) is 7.17. The summed E-state index contributed by atoms with van der Waals surface area (Å²) in [5, 5.41) is 71.7. The largest absolute Gasteiger partial charge is 0.504 e. The highest BCUT2D eigenvalue weighted by Gasteiger charge is 2.66. The van der Waals surface area contributed by atoms with Crippen LogP contribution in [0.25, 0.3) is 6.08 Å². The van der Waals surface area contributed by atoms with Crippen LogP contribution < -0.4 is 4.74 Å². The number of methoxy groups -OCH3 is 1. The molecule has 13 heteroatoms. The zero-order valence-electron chi connectivity index (χ0n) is 20.7. The Morgan fingerprint density at radius 2 is 1.89 bits per heavy atom. The first-order chi connectivity index (χ1) is 17.9. The lowest BCUT2D eigenvalue weighted by molar-refractivity contribution is -0.351. The van der Waals surface area contributed by atoms with Gasteiger partial charge in [-0.1, -0.05) is 6.07 Å². The lowest BCUT2D eigenvalue weighted by Gasteiger charge is -2.45. The number of ether oxygens (including phenoxy) is 5. The van der Waals surface area contributed by atoms with Crippen molar-refractivity contribution in [3.05, 3.63) is 42.2 Å². The van der Waals surface area contributed by atoms with Gasteiger partial charge in [-0.05, 0) is 36.8 Å². The molecule has 2 fully saturated rings. The molecule has 1 aliphatic carbocycles. The number of aliphatic hydroxyl groups excluding tert-OH is 5. The van der Waals surface area contributed by atoms with Gasteiger partial charge in [0.1, 0.15) is 35.6 Å². The molecule has 2 heterocycles. The average Bonchev–Trinajstić information content (AvgIpc) is 3.08. The zero-order valence-corrected chi connectivity index (χ0v) is 20.7. The van der Waals surface area contributed by atoms with Gasteiger partial charge in [0.2, 0.25) is 6.29 Å². The van der Waals surface area contributed by atoms with Gasteiger partial charge in [0.15, 0.2) is 17.8 Å². The molecule has 10 atom stereocenters. The lowest BCUT2D eigenvalue weighted by atomic mass is 9.81. The maximum atomic E-state index is 12.8. The highest BCUT2D eigenvalue weighted by atomic mass is 16.8. The Morgan fingerprint density at radius 1 is 1.16 bits per heavy atom. The Labute approximate surface area is 217 Å². The smallest absolute Gasteiger partial charge is 0.331 e. The molecule has 210 valence electrons. The number of hydrogen-bond acceptors (Lipinski definition) is 13. The highest BCUT2D eigenvalue weighted by Crippen LogP contribution is 2.51. The monoisotopic (exact) mass is 540 g/mol. The van der Waals surface area contributed by atoms with Crippen LogP contribution >= 0.6 is 0 Å². The summed E-state index contributed by atoms with van der Waals surface area (Å²) in [5.41, 5.74) is -2.98. The van der Waals surface area contributed by atoms with Crippen molar-refractivity contribution in [2.24, 2.45) is 5.92 Å². The fourth-order valence-corrected chi connectivity index (χ4v) is 5.15. The minimum absolute atomic E-state index is 0.0743. The number of rotatable bonds is 7. The van der Waals surface area contributed by atoms with E-state index in [0.717, 1.165) is 12.3 Å². The van der Waals surface area contributed by atoms with Crippen molar-refractivity contribution in [3.8, 4) is 11.5 Å². The van der Waals surface area contributed by atoms with Gasteiger partial charge in [0.05, 0.1) is 32.0 Å². The minimum Gasteiger partial charge on any atom is -0.504 e. The molecule has 4 rings (SSSR count). The van der Waals surface area contributed by atoms with Crippen molar-refractivity contribution in [2.75, 3.05) is 13.7 Å². The third-order valence-corrected chi connectivity index (χ3v) is 7.17. The summed E-state index contributed by atoms with van der Waals surface area (Å²) < 4.78 is 27.3. The molecule has 13 nitrogen and oxygen atoms in total. The Bertz CT molecular complexity index is 1070. The standard InChI is InChI=1S/C25H32O13/c1-24(38-17(29)6-4-12-3-5-13(27)14(9-12)34-2)10-16(28)25(33)7-8-35-23(21(24)25)37-22-20(32)19(31)18(30)15(11-26)36-22/h3-9,15-16,18-23,26-28,30-33H,10-11H2,1-2H3/b6-4+/t15-,16+,18-,19-,20-,21?,22+,23-,24-,25+/m0/s1. The van der Waals surface area contributed by atoms with Crippen LogP contribution in [0.3, 0.4) is 0 Å². The van der Waals surface area contributed by atoms with E-state index in [0.29, 0.717) is 5.56 Å². The fourth-order valence-electron chi connectivity index (χ4n) is 5.15. The van der Waals surface area contributed by atoms with Crippen LogP contribution in [0.2, 0.25) is 0 Å². The van der Waals surface area contributed by atoms with Gasteiger partial charge < -0.3 is 59.4 Å². The zero-order chi connectivity index (χ0) is 27.8. The van der Waals surface area contributed by atoms with Gasteiger partial charge in [0.25, 0.3) is 0 Å². The molecule has 0 bridgehead atoms. The summed E-state index contributed by atoms with van der Waals surface area (Å²) in [5.74, 6) is -1.92. The molecule has 0 aromatic heterocycles. The van der Waals surface area contributed by atoms with Crippen molar-refractivity contribution in [1.82, 2.24) is 0 Å². The number of aromatic hydroxyl groups is 1. The van der Waals surface area contributed by atoms with Crippen molar-refractivity contribution in [2.45, 2.75) is 67.6 Å². The van der Waals surface area contributed by atoms with E-state index in [4.69, 9.17) is 23.7 Å². The number of esters is 1. The van der Waals surface area contributed by atoms with Crippen LogP contribution in [-0.2, 0) is 23.7 Å². The first-order valence-electron chi connectivity index (χ1n) is 11.9. The molecule has 1 aromatic carbocycles. The number of phenols is 1. The maximum absolute atomic E-state index is 12.8. The van der Waals surface area contributed by atoms with E-state index in [9.17, 15) is 40.5 Å². The molecule has 0 amide bonds. The fraction of sp³-hybridized carbons (Fsp3) is 0.560. The van der Waals surface area contributed by atoms with Gasteiger partial charge in [-0.25, -0.2) is 4.79 Å². The summed E-state index contributed by atoms with van der Waals surface area (Å²) in [4.78, 5) is 12.8. The van der Waals surface area contributed by atoms with Gasteiger partial charge in [0, 0.05) is 12.5 Å². The number of carbonyl (C=O) groups is 1. The second-order valence-electron chi connectivity index (χ2n) is 9.72. The number of phenolic OH excluding ortho intramolecular Hbond substituents is 1. The topological polar surface area (TPSA) is 205 Å². The molecule has 38 heavy (non-hydrogen) atoms. The summed E-state index contributed by atoms with van der Waals surface area (Å²) in [6.07, 6.45) is -6.16. The second kappa shape index (κ2) is 10.8. The van der Waals surface area contributed by atoms with Crippen LogP contribution in [0.4, 0.5) is 0 Å². The third kappa shape index (κ3) is 5.11. The van der Waals surface area contributed by atoms with Gasteiger partial charge in [-0.3, -0.25) is 0 Å². The van der Waals surface area contributed by atoms with Crippen LogP contribution in [0.5, 0.6) is 11.5 Å². The molecule has 7 N–H and O–H groups in total. The minimum atomic E-state index is -1.96. The van der Waals surface area contributed by atoms with E-state index in [-0.39, 0.29) is 17.9 Å². The van der Waals surface area contributed by atoms with E-state index in [2.05, 4.69) is 0 Å². The Kier molecular flexibility index (Phi) is 8.02. The molecule has 0 radical (unpaired) electrons. The van der Waals surface area contributed by atoms with E-state index in [1.807, 2.05) is 0 Å². The van der Waals surface area contributed by atoms with Crippen molar-refractivity contribution >= 4 is 12.0 Å². The van der Waals surface area contributed by atoms with Crippen LogP contribution in [0, 0.1) is 5.92 Å². The Hall–Kier alpha value is -2.75. The molecule has 1 unspecified atom stereocenters. The first kappa shape index (κ1) is 28.3. The van der Waals surface area contributed by atoms with Gasteiger partial charge >= 0.3 is 5.97 Å². The first-order valence-corrected chi connectivity index (χ1v) is 11.9. The summed E-state index contributed by atoms with van der Waals surface area (Å²) in [7, 11) is 1.38. The number of benzene rings is 1. The summed E-state index contributed by atoms with van der Waals surface area (Å²) in [6, 6.07) is 4.44. The molecule has 1 saturated heterocycles. The quantitative estimate of drug-likeness (QED) is 0.156. The Balaban J connectivity index is 1.54.